The SMILES string of the molecule is Cc1ccn(CC(=O)N2CC(F)(F)C[C@H]2c2nc(C3CC3)no2)n1. The van der Waals surface area contributed by atoms with Crippen LogP contribution in [0.5, 0.6) is 0 Å². The van der Waals surface area contributed by atoms with Crippen molar-refractivity contribution in [3.05, 3.63) is 29.7 Å². The number of rotatable bonds is 4. The average molecular weight is 337 g/mol. The van der Waals surface area contributed by atoms with Crippen LogP contribution in [0.3, 0.4) is 0 Å². The Labute approximate surface area is 136 Å². The lowest BCUT2D eigenvalue weighted by Crippen LogP contribution is -2.35. The van der Waals surface area contributed by atoms with Gasteiger partial charge in [-0.25, -0.2) is 8.78 Å². The number of likely N-dealkylation sites (tertiary alicyclic amines) is 1. The van der Waals surface area contributed by atoms with Crippen LogP contribution in [-0.4, -0.2) is 43.2 Å². The van der Waals surface area contributed by atoms with E-state index in [2.05, 4.69) is 15.2 Å². The molecule has 2 aromatic rings. The largest absolute Gasteiger partial charge is 0.337 e. The molecular weight excluding hydrogens is 320 g/mol. The Morgan fingerprint density at radius 2 is 2.25 bits per heavy atom. The van der Waals surface area contributed by atoms with Crippen LogP contribution >= 0.6 is 0 Å². The summed E-state index contributed by atoms with van der Waals surface area (Å²) < 4.78 is 34.4. The molecule has 128 valence electrons. The molecule has 2 aromatic heterocycles. The normalized spacial score (nSPS) is 23.0. The van der Waals surface area contributed by atoms with E-state index in [-0.39, 0.29) is 18.4 Å². The van der Waals surface area contributed by atoms with Crippen molar-refractivity contribution in [2.24, 2.45) is 0 Å². The van der Waals surface area contributed by atoms with Crippen molar-refractivity contribution in [3.63, 3.8) is 0 Å². The second kappa shape index (κ2) is 5.35. The third-order valence-electron chi connectivity index (χ3n) is 4.35. The number of aryl methyl sites for hydroxylation is 1. The molecule has 0 unspecified atom stereocenters. The van der Waals surface area contributed by atoms with Gasteiger partial charge in [0.1, 0.15) is 12.6 Å². The molecule has 1 aliphatic heterocycles. The van der Waals surface area contributed by atoms with Gasteiger partial charge in [-0.05, 0) is 25.8 Å². The predicted octanol–water partition coefficient (Wildman–Crippen LogP) is 2.06. The highest BCUT2D eigenvalue weighted by Crippen LogP contribution is 2.43. The summed E-state index contributed by atoms with van der Waals surface area (Å²) in [5.74, 6) is -2.49. The lowest BCUT2D eigenvalue weighted by Gasteiger charge is -2.21. The molecule has 0 bridgehead atoms. The van der Waals surface area contributed by atoms with E-state index in [1.54, 1.807) is 19.2 Å². The number of aromatic nitrogens is 4. The number of carbonyl (C=O) groups excluding carboxylic acids is 1. The summed E-state index contributed by atoms with van der Waals surface area (Å²) in [5, 5.41) is 7.99. The van der Waals surface area contributed by atoms with Gasteiger partial charge in [0.2, 0.25) is 11.8 Å². The van der Waals surface area contributed by atoms with E-state index in [1.807, 2.05) is 0 Å². The van der Waals surface area contributed by atoms with E-state index >= 15 is 0 Å². The molecule has 0 N–H and O–H groups in total. The lowest BCUT2D eigenvalue weighted by molar-refractivity contribution is -0.134. The monoisotopic (exact) mass is 337 g/mol. The molecule has 1 atom stereocenters. The first-order chi connectivity index (χ1) is 11.4. The fourth-order valence-electron chi connectivity index (χ4n) is 2.97. The number of amides is 1. The third kappa shape index (κ3) is 2.90. The molecule has 1 saturated heterocycles. The molecule has 0 spiro atoms. The van der Waals surface area contributed by atoms with Crippen LogP contribution in [0, 0.1) is 6.92 Å². The van der Waals surface area contributed by atoms with Crippen molar-refractivity contribution >= 4 is 5.91 Å². The van der Waals surface area contributed by atoms with Gasteiger partial charge in [-0.2, -0.15) is 10.1 Å². The van der Waals surface area contributed by atoms with E-state index in [9.17, 15) is 13.6 Å². The second-order valence-corrected chi connectivity index (χ2v) is 6.52. The third-order valence-corrected chi connectivity index (χ3v) is 4.35. The summed E-state index contributed by atoms with van der Waals surface area (Å²) in [6.45, 7) is 1.06. The molecule has 1 saturated carbocycles. The van der Waals surface area contributed by atoms with Gasteiger partial charge in [0.05, 0.1) is 12.2 Å². The average Bonchev–Trinajstić information content (AvgIpc) is 2.95. The highest BCUT2D eigenvalue weighted by molar-refractivity contribution is 5.76. The molecule has 3 heterocycles. The van der Waals surface area contributed by atoms with Crippen LogP contribution in [0.4, 0.5) is 8.78 Å². The van der Waals surface area contributed by atoms with E-state index in [0.29, 0.717) is 5.82 Å². The van der Waals surface area contributed by atoms with Crippen LogP contribution in [-0.2, 0) is 11.3 Å². The van der Waals surface area contributed by atoms with Crippen molar-refractivity contribution in [2.45, 2.75) is 50.6 Å². The van der Waals surface area contributed by atoms with Crippen molar-refractivity contribution in [2.75, 3.05) is 6.54 Å². The standard InChI is InChI=1S/C15H17F2N5O2/c1-9-4-5-21(19-9)7-12(23)22-8-15(16,17)6-11(22)14-18-13(20-24-14)10-2-3-10/h4-5,10-11H,2-3,6-8H2,1H3/t11-/m0/s1. The number of hydrogen-bond acceptors (Lipinski definition) is 5. The van der Waals surface area contributed by atoms with Gasteiger partial charge in [-0.1, -0.05) is 5.16 Å². The highest BCUT2D eigenvalue weighted by Gasteiger charge is 2.50. The summed E-state index contributed by atoms with van der Waals surface area (Å²) >= 11 is 0. The summed E-state index contributed by atoms with van der Waals surface area (Å²) in [4.78, 5) is 17.9. The van der Waals surface area contributed by atoms with Crippen LogP contribution in [0.1, 0.15) is 48.6 Å². The zero-order valence-electron chi connectivity index (χ0n) is 13.2. The maximum Gasteiger partial charge on any atom is 0.267 e. The molecule has 9 heteroatoms. The first-order valence-electron chi connectivity index (χ1n) is 7.92. The lowest BCUT2D eigenvalue weighted by atomic mass is 10.2. The topological polar surface area (TPSA) is 77.0 Å². The minimum atomic E-state index is -2.96. The zero-order chi connectivity index (χ0) is 16.9. The van der Waals surface area contributed by atoms with Crippen molar-refractivity contribution in [3.8, 4) is 0 Å². The van der Waals surface area contributed by atoms with E-state index < -0.39 is 30.8 Å². The number of carbonyl (C=O) groups is 1. The Bertz CT molecular complexity index is 768. The van der Waals surface area contributed by atoms with Crippen molar-refractivity contribution in [1.82, 2.24) is 24.8 Å². The Balaban J connectivity index is 1.55. The van der Waals surface area contributed by atoms with E-state index in [4.69, 9.17) is 4.52 Å². The van der Waals surface area contributed by atoms with Gasteiger partial charge < -0.3 is 9.42 Å². The number of alkyl halides is 2. The minimum Gasteiger partial charge on any atom is -0.337 e. The Morgan fingerprint density at radius 3 is 2.92 bits per heavy atom. The first-order valence-corrected chi connectivity index (χ1v) is 7.92. The summed E-state index contributed by atoms with van der Waals surface area (Å²) in [5.41, 5.74) is 0.761. The van der Waals surface area contributed by atoms with Crippen molar-refractivity contribution < 1.29 is 18.1 Å². The van der Waals surface area contributed by atoms with Gasteiger partial charge in [0, 0.05) is 18.5 Å². The molecule has 2 fully saturated rings. The van der Waals surface area contributed by atoms with E-state index in [1.165, 1.54) is 4.68 Å². The predicted molar refractivity (Wildman–Crippen MR) is 77.3 cm³/mol. The molecule has 2 aliphatic rings. The Kier molecular flexibility index (Phi) is 3.40. The molecule has 1 amide bonds. The minimum absolute atomic E-state index is 0.0932. The van der Waals surface area contributed by atoms with Gasteiger partial charge in [0.15, 0.2) is 5.82 Å². The molecule has 0 radical (unpaired) electrons. The fourth-order valence-corrected chi connectivity index (χ4v) is 2.97. The number of halogens is 2. The van der Waals surface area contributed by atoms with Crippen LogP contribution < -0.4 is 0 Å². The highest BCUT2D eigenvalue weighted by atomic mass is 19.3. The summed E-state index contributed by atoms with van der Waals surface area (Å²) in [6, 6.07) is 0.868. The zero-order valence-corrected chi connectivity index (χ0v) is 13.2. The maximum absolute atomic E-state index is 13.9. The maximum atomic E-state index is 13.9. The molecular formula is C15H17F2N5O2. The molecule has 24 heavy (non-hydrogen) atoms. The molecule has 0 aromatic carbocycles. The van der Waals surface area contributed by atoms with Gasteiger partial charge in [0.25, 0.3) is 5.92 Å². The van der Waals surface area contributed by atoms with Crippen LogP contribution in [0.15, 0.2) is 16.8 Å². The van der Waals surface area contributed by atoms with Crippen molar-refractivity contribution in [1.29, 1.82) is 0 Å². The first kappa shape index (κ1) is 15.2. The Morgan fingerprint density at radius 1 is 1.46 bits per heavy atom. The van der Waals surface area contributed by atoms with Gasteiger partial charge in [-0.3, -0.25) is 9.48 Å². The van der Waals surface area contributed by atoms with Gasteiger partial charge >= 0.3 is 0 Å². The van der Waals surface area contributed by atoms with Crippen LogP contribution in [0.25, 0.3) is 0 Å². The number of hydrogen-bond donors (Lipinski definition) is 0. The summed E-state index contributed by atoms with van der Waals surface area (Å²) in [6.07, 6.45) is 3.12. The molecule has 4 rings (SSSR count). The molecule has 1 aliphatic carbocycles. The summed E-state index contributed by atoms with van der Waals surface area (Å²) in [7, 11) is 0. The number of nitrogens with zero attached hydrogens (tertiary/aromatic N) is 5. The van der Waals surface area contributed by atoms with Gasteiger partial charge in [-0.15, -0.1) is 0 Å². The molecule has 7 nitrogen and oxygen atoms in total. The smallest absolute Gasteiger partial charge is 0.267 e. The fraction of sp³-hybridized carbons (Fsp3) is 0.600. The second-order valence-electron chi connectivity index (χ2n) is 6.52. The quantitative estimate of drug-likeness (QED) is 0.853. The Hall–Kier alpha value is -2.32. The van der Waals surface area contributed by atoms with E-state index in [0.717, 1.165) is 23.4 Å². The van der Waals surface area contributed by atoms with Crippen LogP contribution in [0.2, 0.25) is 0 Å².